The highest BCUT2D eigenvalue weighted by Crippen LogP contribution is 2.22. The van der Waals surface area contributed by atoms with Crippen LogP contribution in [0.1, 0.15) is 38.3 Å². The Morgan fingerprint density at radius 1 is 1.21 bits per heavy atom. The molecule has 0 radical (unpaired) electrons. The first-order valence-corrected chi connectivity index (χ1v) is 8.25. The predicted molar refractivity (Wildman–Crippen MR) is 93.6 cm³/mol. The van der Waals surface area contributed by atoms with Gasteiger partial charge < -0.3 is 4.74 Å². The van der Waals surface area contributed by atoms with Gasteiger partial charge in [0, 0.05) is 0 Å². The molecule has 2 rings (SSSR count). The molecular formula is C18H22ClFN2O2. The summed E-state index contributed by atoms with van der Waals surface area (Å²) >= 11 is 6.12. The minimum Gasteiger partial charge on any atom is -0.485 e. The van der Waals surface area contributed by atoms with Crippen molar-refractivity contribution in [3.63, 3.8) is 0 Å². The van der Waals surface area contributed by atoms with Crippen LogP contribution < -0.4 is 10.3 Å². The van der Waals surface area contributed by atoms with Crippen LogP contribution >= 0.6 is 11.6 Å². The van der Waals surface area contributed by atoms with E-state index in [1.165, 1.54) is 10.9 Å². The van der Waals surface area contributed by atoms with Gasteiger partial charge in [-0.1, -0.05) is 35.9 Å². The normalized spacial score (nSPS) is 11.5. The van der Waals surface area contributed by atoms with Crippen molar-refractivity contribution in [1.82, 2.24) is 9.78 Å². The van der Waals surface area contributed by atoms with Crippen molar-refractivity contribution in [3.05, 3.63) is 57.0 Å². The molecule has 1 heterocycles. The second-order valence-corrected chi connectivity index (χ2v) is 6.99. The monoisotopic (exact) mass is 351 g/mol. The lowest BCUT2D eigenvalue weighted by Crippen LogP contribution is -2.36. The summed E-state index contributed by atoms with van der Waals surface area (Å²) in [5, 5.41) is 4.16. The average Bonchev–Trinajstić information content (AvgIpc) is 2.54. The number of aryl methyl sites for hydroxylation is 1. The Kier molecular flexibility index (Phi) is 5.99. The van der Waals surface area contributed by atoms with Crippen LogP contribution in [0.4, 0.5) is 4.39 Å². The minimum atomic E-state index is -0.450. The third kappa shape index (κ3) is 4.57. The summed E-state index contributed by atoms with van der Waals surface area (Å²) in [6.45, 7) is 5.61. The van der Waals surface area contributed by atoms with E-state index >= 15 is 0 Å². The van der Waals surface area contributed by atoms with Gasteiger partial charge in [-0.25, -0.2) is 4.68 Å². The van der Waals surface area contributed by atoms with Crippen LogP contribution in [0.3, 0.4) is 0 Å². The second-order valence-electron chi connectivity index (χ2n) is 6.61. The molecule has 0 aliphatic heterocycles. The van der Waals surface area contributed by atoms with E-state index in [0.29, 0.717) is 6.42 Å². The van der Waals surface area contributed by atoms with E-state index in [1.807, 2.05) is 45.0 Å². The minimum absolute atomic E-state index is 0.0273. The van der Waals surface area contributed by atoms with Crippen molar-refractivity contribution >= 4 is 11.6 Å². The molecule has 1 aromatic carbocycles. The smallest absolute Gasteiger partial charge is 0.289 e. The molecule has 0 unspecified atom stereocenters. The van der Waals surface area contributed by atoms with Gasteiger partial charge >= 0.3 is 0 Å². The number of halogens is 2. The number of hydrogen-bond acceptors (Lipinski definition) is 3. The largest absolute Gasteiger partial charge is 0.485 e. The molecule has 0 aliphatic carbocycles. The Balaban J connectivity index is 2.07. The van der Waals surface area contributed by atoms with Crippen molar-refractivity contribution in [2.75, 3.05) is 6.67 Å². The standard InChI is InChI=1S/C18H22ClFN2O2/c1-18(2,3)22-17(23)16(19)15(11-21-22)24-12-14-8-6-13(7-9-14)5-4-10-20/h6-9,11H,4-5,10,12H2,1-3H3/i20-1. The topological polar surface area (TPSA) is 44.1 Å². The summed E-state index contributed by atoms with van der Waals surface area (Å²) in [5.41, 5.74) is 1.21. The summed E-state index contributed by atoms with van der Waals surface area (Å²) in [5.74, 6) is 0.267. The van der Waals surface area contributed by atoms with Crippen LogP contribution in [0, 0.1) is 0 Å². The van der Waals surface area contributed by atoms with Gasteiger partial charge in [-0.15, -0.1) is 0 Å². The summed E-state index contributed by atoms with van der Waals surface area (Å²) in [4.78, 5) is 12.3. The van der Waals surface area contributed by atoms with Crippen LogP contribution in [-0.2, 0) is 18.6 Å². The molecule has 2 aromatic rings. The number of benzene rings is 1. The van der Waals surface area contributed by atoms with Crippen LogP contribution in [-0.4, -0.2) is 16.5 Å². The van der Waals surface area contributed by atoms with E-state index in [-0.39, 0.29) is 29.6 Å². The fraction of sp³-hybridized carbons (Fsp3) is 0.444. The molecule has 130 valence electrons. The molecule has 0 saturated heterocycles. The number of hydrogen-bond donors (Lipinski definition) is 0. The summed E-state index contributed by atoms with van der Waals surface area (Å²) in [6.07, 6.45) is 2.71. The molecule has 0 bridgehead atoms. The Hall–Kier alpha value is -1.88. The van der Waals surface area contributed by atoms with Gasteiger partial charge in [0.15, 0.2) is 10.8 Å². The molecular weight excluding hydrogens is 330 g/mol. The summed E-state index contributed by atoms with van der Waals surface area (Å²) in [7, 11) is 0. The lowest BCUT2D eigenvalue weighted by Gasteiger charge is -2.21. The molecule has 0 saturated carbocycles. The zero-order valence-electron chi connectivity index (χ0n) is 14.2. The van der Waals surface area contributed by atoms with Gasteiger partial charge in [0.05, 0.1) is 18.4 Å². The molecule has 24 heavy (non-hydrogen) atoms. The van der Waals surface area contributed by atoms with E-state index in [9.17, 15) is 9.18 Å². The Morgan fingerprint density at radius 3 is 2.42 bits per heavy atom. The Morgan fingerprint density at radius 2 is 1.83 bits per heavy atom. The van der Waals surface area contributed by atoms with Crippen molar-refractivity contribution in [1.29, 1.82) is 0 Å². The maximum atomic E-state index is 12.3. The molecule has 0 amide bonds. The maximum Gasteiger partial charge on any atom is 0.289 e. The molecule has 0 aliphatic rings. The van der Waals surface area contributed by atoms with E-state index in [4.69, 9.17) is 16.3 Å². The molecule has 1 aromatic heterocycles. The van der Waals surface area contributed by atoms with E-state index < -0.39 is 5.54 Å². The number of aromatic nitrogens is 2. The third-order valence-corrected chi connectivity index (χ3v) is 3.89. The lowest BCUT2D eigenvalue weighted by atomic mass is 10.1. The number of ether oxygens (including phenoxy) is 1. The van der Waals surface area contributed by atoms with E-state index in [1.54, 1.807) is 0 Å². The van der Waals surface area contributed by atoms with E-state index in [0.717, 1.165) is 17.5 Å². The first-order chi connectivity index (χ1) is 11.3. The van der Waals surface area contributed by atoms with E-state index in [2.05, 4.69) is 5.10 Å². The van der Waals surface area contributed by atoms with Crippen molar-refractivity contribution in [2.45, 2.75) is 45.8 Å². The predicted octanol–water partition coefficient (Wildman–Crippen LogP) is 4.13. The quantitative estimate of drug-likeness (QED) is 0.785. The maximum absolute atomic E-state index is 12.3. The highest BCUT2D eigenvalue weighted by atomic mass is 35.5. The third-order valence-electron chi connectivity index (χ3n) is 3.54. The molecule has 4 nitrogen and oxygen atoms in total. The summed E-state index contributed by atoms with van der Waals surface area (Å²) < 4.78 is 19.1. The molecule has 0 fully saturated rings. The number of rotatable bonds is 6. The highest BCUT2D eigenvalue weighted by Gasteiger charge is 2.19. The molecule has 0 N–H and O–H groups in total. The van der Waals surface area contributed by atoms with Gasteiger partial charge in [-0.3, -0.25) is 9.18 Å². The first kappa shape index (κ1) is 18.5. The van der Waals surface area contributed by atoms with Crippen molar-refractivity contribution in [2.24, 2.45) is 0 Å². The zero-order chi connectivity index (χ0) is 17.7. The van der Waals surface area contributed by atoms with Crippen molar-refractivity contribution < 1.29 is 9.13 Å². The van der Waals surface area contributed by atoms with Gasteiger partial charge in [0.25, 0.3) is 5.56 Å². The SMILES string of the molecule is CC(C)(C)n1ncc(OCc2ccc(CCC[18F])cc2)c(Cl)c1=O. The Labute approximate surface area is 146 Å². The van der Waals surface area contributed by atoms with Crippen LogP contribution in [0.2, 0.25) is 5.02 Å². The van der Waals surface area contributed by atoms with Crippen LogP contribution in [0.25, 0.3) is 0 Å². The fourth-order valence-corrected chi connectivity index (χ4v) is 2.41. The van der Waals surface area contributed by atoms with Gasteiger partial charge in [0.2, 0.25) is 0 Å². The number of nitrogens with zero attached hydrogens (tertiary/aromatic N) is 2. The highest BCUT2D eigenvalue weighted by molar-refractivity contribution is 6.31. The molecule has 0 spiro atoms. The zero-order valence-corrected chi connectivity index (χ0v) is 14.9. The van der Waals surface area contributed by atoms with Crippen LogP contribution in [0.5, 0.6) is 5.75 Å². The fourth-order valence-electron chi connectivity index (χ4n) is 2.23. The lowest BCUT2D eigenvalue weighted by molar-refractivity contribution is 0.292. The number of alkyl halides is 1. The van der Waals surface area contributed by atoms with Gasteiger partial charge in [-0.05, 0) is 44.7 Å². The summed E-state index contributed by atoms with van der Waals surface area (Å²) in [6, 6.07) is 7.74. The average molecular weight is 352 g/mol. The Bertz CT molecular complexity index is 736. The molecule has 0 atom stereocenters. The van der Waals surface area contributed by atoms with Crippen molar-refractivity contribution in [3.8, 4) is 5.75 Å². The van der Waals surface area contributed by atoms with Crippen LogP contribution in [0.15, 0.2) is 35.3 Å². The molecule has 6 heteroatoms. The van der Waals surface area contributed by atoms with Gasteiger partial charge in [0.1, 0.15) is 6.61 Å². The van der Waals surface area contributed by atoms with Gasteiger partial charge in [-0.2, -0.15) is 5.10 Å². The second kappa shape index (κ2) is 7.79. The first-order valence-electron chi connectivity index (χ1n) is 7.88.